The Kier molecular flexibility index (Phi) is 4.60. The third-order valence-electron chi connectivity index (χ3n) is 2.89. The number of nitrogens with zero attached hydrogens (tertiary/aromatic N) is 2. The summed E-state index contributed by atoms with van der Waals surface area (Å²) in [5.41, 5.74) is 6.14. The first-order valence-electron chi connectivity index (χ1n) is 6.31. The van der Waals surface area contributed by atoms with Gasteiger partial charge >= 0.3 is 0 Å². The Morgan fingerprint density at radius 2 is 2.05 bits per heavy atom. The molecule has 0 atom stereocenters. The van der Waals surface area contributed by atoms with Crippen LogP contribution in [-0.4, -0.2) is 20.0 Å². The van der Waals surface area contributed by atoms with Gasteiger partial charge in [-0.25, -0.2) is 13.6 Å². The number of rotatable bonds is 5. The summed E-state index contributed by atoms with van der Waals surface area (Å²) in [4.78, 5) is 3.73. The molecule has 0 unspecified atom stereocenters. The van der Waals surface area contributed by atoms with Crippen molar-refractivity contribution in [3.05, 3.63) is 47.8 Å². The van der Waals surface area contributed by atoms with Gasteiger partial charge in [-0.2, -0.15) is 5.26 Å². The Morgan fingerprint density at radius 1 is 1.27 bits per heavy atom. The number of aromatic nitrogens is 1. The molecule has 1 heterocycles. The van der Waals surface area contributed by atoms with Gasteiger partial charge in [-0.15, -0.1) is 0 Å². The van der Waals surface area contributed by atoms with Crippen LogP contribution in [0, 0.1) is 11.3 Å². The van der Waals surface area contributed by atoms with Crippen molar-refractivity contribution in [1.82, 2.24) is 4.98 Å². The number of sulfonamides is 1. The van der Waals surface area contributed by atoms with E-state index in [2.05, 4.69) is 4.98 Å². The number of ether oxygens (including phenoxy) is 1. The lowest BCUT2D eigenvalue weighted by Gasteiger charge is -2.12. The highest BCUT2D eigenvalue weighted by atomic mass is 32.2. The molecular weight excluding hydrogens is 304 g/mol. The number of nitrogens with two attached hydrogens (primary N) is 2. The van der Waals surface area contributed by atoms with Crippen molar-refractivity contribution in [1.29, 1.82) is 5.26 Å². The van der Waals surface area contributed by atoms with E-state index in [9.17, 15) is 13.7 Å². The molecule has 2 aromatic rings. The fourth-order valence-corrected chi connectivity index (χ4v) is 2.75. The van der Waals surface area contributed by atoms with Gasteiger partial charge in [-0.1, -0.05) is 6.07 Å². The van der Waals surface area contributed by atoms with Gasteiger partial charge in [0.05, 0.1) is 12.3 Å². The number of anilines is 1. The van der Waals surface area contributed by atoms with Crippen LogP contribution in [0.2, 0.25) is 0 Å². The van der Waals surface area contributed by atoms with Gasteiger partial charge in [0.2, 0.25) is 10.0 Å². The summed E-state index contributed by atoms with van der Waals surface area (Å²) in [6, 6.07) is 10.1. The molecule has 114 valence electrons. The number of hydrogen-bond acceptors (Lipinski definition) is 6. The summed E-state index contributed by atoms with van der Waals surface area (Å²) >= 11 is 0. The summed E-state index contributed by atoms with van der Waals surface area (Å²) in [7, 11) is -4.12. The molecular formula is C14H14N4O3S. The highest BCUT2D eigenvalue weighted by Gasteiger charge is 2.21. The van der Waals surface area contributed by atoms with Crippen LogP contribution in [0.25, 0.3) is 0 Å². The highest BCUT2D eigenvalue weighted by molar-refractivity contribution is 7.89. The first kappa shape index (κ1) is 15.8. The van der Waals surface area contributed by atoms with E-state index in [1.54, 1.807) is 18.3 Å². The normalized spacial score (nSPS) is 10.9. The summed E-state index contributed by atoms with van der Waals surface area (Å²) in [5, 5.41) is 14.3. The zero-order chi connectivity index (χ0) is 16.2. The zero-order valence-electron chi connectivity index (χ0n) is 11.6. The first-order chi connectivity index (χ1) is 10.4. The third kappa shape index (κ3) is 3.52. The van der Waals surface area contributed by atoms with Crippen molar-refractivity contribution in [3.63, 3.8) is 0 Å². The molecule has 0 radical (unpaired) electrons. The molecule has 1 aromatic heterocycles. The van der Waals surface area contributed by atoms with Crippen molar-refractivity contribution >= 4 is 15.7 Å². The largest absolute Gasteiger partial charge is 0.492 e. The number of pyridine rings is 1. The van der Waals surface area contributed by atoms with Crippen molar-refractivity contribution in [3.8, 4) is 11.8 Å². The monoisotopic (exact) mass is 318 g/mol. The molecule has 0 saturated heterocycles. The quantitative estimate of drug-likeness (QED) is 0.784. The fraction of sp³-hybridized carbons (Fsp3) is 0.143. The predicted molar refractivity (Wildman–Crippen MR) is 80.4 cm³/mol. The topological polar surface area (TPSA) is 132 Å². The maximum atomic E-state index is 11.6. The minimum atomic E-state index is -4.12. The summed E-state index contributed by atoms with van der Waals surface area (Å²) in [6.07, 6.45) is 2.18. The van der Waals surface area contributed by atoms with Gasteiger partial charge < -0.3 is 10.5 Å². The fourth-order valence-electron chi connectivity index (χ4n) is 1.92. The number of hydrogen-bond donors (Lipinski definition) is 2. The molecule has 4 N–H and O–H groups in total. The summed E-state index contributed by atoms with van der Waals surface area (Å²) in [6.45, 7) is 0.236. The van der Waals surface area contributed by atoms with Crippen LogP contribution in [0.3, 0.4) is 0 Å². The van der Waals surface area contributed by atoms with Crippen LogP contribution in [0.1, 0.15) is 11.3 Å². The van der Waals surface area contributed by atoms with E-state index in [-0.39, 0.29) is 23.6 Å². The van der Waals surface area contributed by atoms with E-state index in [0.717, 1.165) is 5.69 Å². The second-order valence-corrected chi connectivity index (χ2v) is 5.93. The number of nitrogen functional groups attached to an aromatic ring is 1. The Labute approximate surface area is 128 Å². The molecule has 0 saturated carbocycles. The zero-order valence-corrected chi connectivity index (χ0v) is 12.4. The lowest BCUT2D eigenvalue weighted by atomic mass is 10.2. The molecule has 0 fully saturated rings. The lowest BCUT2D eigenvalue weighted by molar-refractivity contribution is 0.319. The van der Waals surface area contributed by atoms with Crippen LogP contribution in [0.15, 0.2) is 41.4 Å². The SMILES string of the molecule is N#Cc1c(OCCc2ccccn2)ccc(N)c1S(N)(=O)=O. The summed E-state index contributed by atoms with van der Waals surface area (Å²) < 4.78 is 28.6. The van der Waals surface area contributed by atoms with E-state index < -0.39 is 14.9 Å². The molecule has 7 nitrogen and oxygen atoms in total. The second-order valence-electron chi connectivity index (χ2n) is 4.43. The molecule has 0 spiro atoms. The lowest BCUT2D eigenvalue weighted by Crippen LogP contribution is -2.17. The molecule has 1 aromatic carbocycles. The van der Waals surface area contributed by atoms with E-state index in [4.69, 9.17) is 15.6 Å². The standard InChI is InChI=1S/C14H14N4O3S/c15-9-11-13(5-4-12(16)14(11)22(17,19)20)21-8-6-10-3-1-2-7-18-10/h1-5,7H,6,8,16H2,(H2,17,19,20). The van der Waals surface area contributed by atoms with Crippen molar-refractivity contribution in [2.24, 2.45) is 5.14 Å². The summed E-state index contributed by atoms with van der Waals surface area (Å²) in [5.74, 6) is 0.122. The molecule has 0 aliphatic heterocycles. The Morgan fingerprint density at radius 3 is 2.64 bits per heavy atom. The minimum absolute atomic E-state index is 0.0869. The van der Waals surface area contributed by atoms with Crippen LogP contribution < -0.4 is 15.6 Å². The van der Waals surface area contributed by atoms with Crippen molar-refractivity contribution < 1.29 is 13.2 Å². The van der Waals surface area contributed by atoms with E-state index in [1.807, 2.05) is 12.1 Å². The number of nitriles is 1. The van der Waals surface area contributed by atoms with E-state index in [1.165, 1.54) is 12.1 Å². The van der Waals surface area contributed by atoms with Crippen LogP contribution in [-0.2, 0) is 16.4 Å². The van der Waals surface area contributed by atoms with Gasteiger partial charge in [-0.3, -0.25) is 4.98 Å². The van der Waals surface area contributed by atoms with Gasteiger partial charge in [0.15, 0.2) is 0 Å². The average Bonchev–Trinajstić information content (AvgIpc) is 2.48. The van der Waals surface area contributed by atoms with Crippen LogP contribution in [0.4, 0.5) is 5.69 Å². The van der Waals surface area contributed by atoms with E-state index >= 15 is 0 Å². The molecule has 8 heteroatoms. The second kappa shape index (κ2) is 6.43. The maximum Gasteiger partial charge on any atom is 0.241 e. The van der Waals surface area contributed by atoms with Gasteiger partial charge in [0.25, 0.3) is 0 Å². The van der Waals surface area contributed by atoms with Crippen LogP contribution >= 0.6 is 0 Å². The maximum absolute atomic E-state index is 11.6. The van der Waals surface area contributed by atoms with Gasteiger partial charge in [0, 0.05) is 18.3 Å². The molecule has 0 amide bonds. The smallest absolute Gasteiger partial charge is 0.241 e. The van der Waals surface area contributed by atoms with Crippen molar-refractivity contribution in [2.45, 2.75) is 11.3 Å². The number of primary sulfonamides is 1. The molecule has 0 aliphatic carbocycles. The average molecular weight is 318 g/mol. The first-order valence-corrected chi connectivity index (χ1v) is 7.86. The van der Waals surface area contributed by atoms with Gasteiger partial charge in [0.1, 0.15) is 22.3 Å². The Balaban J connectivity index is 2.24. The van der Waals surface area contributed by atoms with Gasteiger partial charge in [-0.05, 0) is 24.3 Å². The Hall–Kier alpha value is -2.63. The highest BCUT2D eigenvalue weighted by Crippen LogP contribution is 2.29. The molecule has 0 bridgehead atoms. The number of benzene rings is 1. The molecule has 22 heavy (non-hydrogen) atoms. The minimum Gasteiger partial charge on any atom is -0.492 e. The third-order valence-corrected chi connectivity index (χ3v) is 3.90. The van der Waals surface area contributed by atoms with Crippen molar-refractivity contribution in [2.75, 3.05) is 12.3 Å². The Bertz CT molecular complexity index is 814. The molecule has 2 rings (SSSR count). The molecule has 0 aliphatic rings. The van der Waals surface area contributed by atoms with E-state index in [0.29, 0.717) is 6.42 Å². The predicted octanol–water partition coefficient (Wildman–Crippen LogP) is 0.804. The van der Waals surface area contributed by atoms with Crippen LogP contribution in [0.5, 0.6) is 5.75 Å².